The first-order chi connectivity index (χ1) is 11.7. The fraction of sp³-hybridized carbons (Fsp3) is 0.0909. The molecule has 0 spiro atoms. The molecule has 0 aromatic heterocycles. The number of aliphatic imine (C=N–C) groups is 2. The molecule has 0 aliphatic rings. The standard InChI is InChI=1S/C22H20N2/c1-17-6-10-19(11-7-17)15-23-21-4-3-5-22(14-21)24-16-20-12-8-18(2)9-13-20/h3-16H,1-2H3/b23-15+,24-16+. The second-order valence-corrected chi connectivity index (χ2v) is 5.86. The number of hydrogen-bond donors (Lipinski definition) is 0. The number of hydrogen-bond acceptors (Lipinski definition) is 2. The van der Waals surface area contributed by atoms with E-state index in [2.05, 4.69) is 72.4 Å². The Labute approximate surface area is 143 Å². The third-order valence-corrected chi connectivity index (χ3v) is 3.71. The third kappa shape index (κ3) is 4.50. The van der Waals surface area contributed by atoms with E-state index >= 15 is 0 Å². The van der Waals surface area contributed by atoms with E-state index in [9.17, 15) is 0 Å². The molecule has 0 saturated heterocycles. The maximum Gasteiger partial charge on any atom is 0.0651 e. The predicted molar refractivity (Wildman–Crippen MR) is 103 cm³/mol. The van der Waals surface area contributed by atoms with Gasteiger partial charge in [0.15, 0.2) is 0 Å². The lowest BCUT2D eigenvalue weighted by molar-refractivity contribution is 1.45. The summed E-state index contributed by atoms with van der Waals surface area (Å²) in [4.78, 5) is 9.07. The Bertz CT molecular complexity index is 786. The molecule has 0 aliphatic carbocycles. The number of aryl methyl sites for hydroxylation is 2. The van der Waals surface area contributed by atoms with Gasteiger partial charge in [0.05, 0.1) is 11.4 Å². The summed E-state index contributed by atoms with van der Waals surface area (Å²) in [7, 11) is 0. The van der Waals surface area contributed by atoms with Crippen molar-refractivity contribution in [1.29, 1.82) is 0 Å². The van der Waals surface area contributed by atoms with Crippen molar-refractivity contribution in [3.8, 4) is 0 Å². The van der Waals surface area contributed by atoms with Crippen molar-refractivity contribution in [1.82, 2.24) is 0 Å². The first-order valence-corrected chi connectivity index (χ1v) is 8.01. The Balaban J connectivity index is 1.74. The van der Waals surface area contributed by atoms with Gasteiger partial charge in [-0.05, 0) is 43.2 Å². The van der Waals surface area contributed by atoms with E-state index in [1.165, 1.54) is 11.1 Å². The second kappa shape index (κ2) is 7.51. The van der Waals surface area contributed by atoms with Crippen LogP contribution in [0, 0.1) is 13.8 Å². The van der Waals surface area contributed by atoms with Crippen molar-refractivity contribution in [2.24, 2.45) is 9.98 Å². The minimum absolute atomic E-state index is 0.897. The molecule has 118 valence electrons. The maximum absolute atomic E-state index is 4.53. The van der Waals surface area contributed by atoms with Gasteiger partial charge in [0.1, 0.15) is 0 Å². The van der Waals surface area contributed by atoms with E-state index < -0.39 is 0 Å². The quantitative estimate of drug-likeness (QED) is 0.544. The largest absolute Gasteiger partial charge is 0.256 e. The summed E-state index contributed by atoms with van der Waals surface area (Å²) in [5.41, 5.74) is 6.48. The molecule has 0 radical (unpaired) electrons. The predicted octanol–water partition coefficient (Wildman–Crippen LogP) is 5.80. The van der Waals surface area contributed by atoms with Gasteiger partial charge in [-0.15, -0.1) is 0 Å². The summed E-state index contributed by atoms with van der Waals surface area (Å²) in [5.74, 6) is 0. The maximum atomic E-state index is 4.53. The molecule has 0 N–H and O–H groups in total. The SMILES string of the molecule is Cc1ccc(/C=N/c2cccc(/N=C/c3ccc(C)cc3)c2)cc1. The van der Waals surface area contributed by atoms with Crippen LogP contribution in [0.1, 0.15) is 22.3 Å². The Hall–Kier alpha value is -3.00. The second-order valence-electron chi connectivity index (χ2n) is 5.86. The summed E-state index contributed by atoms with van der Waals surface area (Å²) >= 11 is 0. The van der Waals surface area contributed by atoms with Gasteiger partial charge in [0.2, 0.25) is 0 Å². The Morgan fingerprint density at radius 1 is 0.583 bits per heavy atom. The fourth-order valence-electron chi connectivity index (χ4n) is 2.26. The molecule has 0 unspecified atom stereocenters. The van der Waals surface area contributed by atoms with Crippen molar-refractivity contribution in [2.75, 3.05) is 0 Å². The lowest BCUT2D eigenvalue weighted by Gasteiger charge is -1.98. The molecule has 2 nitrogen and oxygen atoms in total. The molecule has 0 heterocycles. The number of rotatable bonds is 4. The van der Waals surface area contributed by atoms with Gasteiger partial charge in [-0.2, -0.15) is 0 Å². The lowest BCUT2D eigenvalue weighted by Crippen LogP contribution is -1.81. The highest BCUT2D eigenvalue weighted by Gasteiger charge is 1.94. The zero-order chi connectivity index (χ0) is 16.8. The van der Waals surface area contributed by atoms with E-state index in [1.54, 1.807) is 0 Å². The minimum Gasteiger partial charge on any atom is -0.256 e. The van der Waals surface area contributed by atoms with Crippen LogP contribution in [0.25, 0.3) is 0 Å². The van der Waals surface area contributed by atoms with Gasteiger partial charge in [-0.25, -0.2) is 0 Å². The van der Waals surface area contributed by atoms with Gasteiger partial charge in [0.25, 0.3) is 0 Å². The number of nitrogens with zero attached hydrogens (tertiary/aromatic N) is 2. The highest BCUT2D eigenvalue weighted by molar-refractivity contribution is 5.83. The van der Waals surface area contributed by atoms with Crippen LogP contribution in [0.3, 0.4) is 0 Å². The summed E-state index contributed by atoms with van der Waals surface area (Å²) in [6.07, 6.45) is 3.75. The molecule has 24 heavy (non-hydrogen) atoms. The highest BCUT2D eigenvalue weighted by Crippen LogP contribution is 2.20. The van der Waals surface area contributed by atoms with Gasteiger partial charge in [0, 0.05) is 12.4 Å². The zero-order valence-corrected chi connectivity index (χ0v) is 14.0. The van der Waals surface area contributed by atoms with Crippen LogP contribution in [0.2, 0.25) is 0 Å². The fourth-order valence-corrected chi connectivity index (χ4v) is 2.26. The monoisotopic (exact) mass is 312 g/mol. The van der Waals surface area contributed by atoms with Gasteiger partial charge in [-0.3, -0.25) is 9.98 Å². The zero-order valence-electron chi connectivity index (χ0n) is 14.0. The molecule has 0 bridgehead atoms. The smallest absolute Gasteiger partial charge is 0.0651 e. The van der Waals surface area contributed by atoms with Crippen LogP contribution in [-0.4, -0.2) is 12.4 Å². The summed E-state index contributed by atoms with van der Waals surface area (Å²) in [6, 6.07) is 24.5. The molecule has 2 heteroatoms. The average Bonchev–Trinajstić information content (AvgIpc) is 2.61. The van der Waals surface area contributed by atoms with E-state index in [4.69, 9.17) is 0 Å². The van der Waals surface area contributed by atoms with Crippen molar-refractivity contribution >= 4 is 23.8 Å². The average molecular weight is 312 g/mol. The molecule has 0 fully saturated rings. The van der Waals surface area contributed by atoms with Crippen LogP contribution in [0.5, 0.6) is 0 Å². The molecule has 0 saturated carbocycles. The molecule has 0 amide bonds. The number of benzene rings is 3. The molecule has 0 aliphatic heterocycles. The molecule has 3 aromatic carbocycles. The summed E-state index contributed by atoms with van der Waals surface area (Å²) in [5, 5.41) is 0. The molecular formula is C22H20N2. The Morgan fingerprint density at radius 2 is 1.00 bits per heavy atom. The van der Waals surface area contributed by atoms with Gasteiger partial charge in [-0.1, -0.05) is 65.7 Å². The van der Waals surface area contributed by atoms with E-state index in [0.717, 1.165) is 22.5 Å². The third-order valence-electron chi connectivity index (χ3n) is 3.71. The van der Waals surface area contributed by atoms with Crippen LogP contribution in [0.15, 0.2) is 82.8 Å². The van der Waals surface area contributed by atoms with Crippen molar-refractivity contribution in [3.05, 3.63) is 95.1 Å². The molecule has 0 atom stereocenters. The van der Waals surface area contributed by atoms with Gasteiger partial charge >= 0.3 is 0 Å². The van der Waals surface area contributed by atoms with Crippen LogP contribution in [-0.2, 0) is 0 Å². The topological polar surface area (TPSA) is 24.7 Å². The van der Waals surface area contributed by atoms with Crippen molar-refractivity contribution in [2.45, 2.75) is 13.8 Å². The lowest BCUT2D eigenvalue weighted by atomic mass is 10.2. The summed E-state index contributed by atoms with van der Waals surface area (Å²) < 4.78 is 0. The first kappa shape index (κ1) is 15.9. The summed E-state index contributed by atoms with van der Waals surface area (Å²) in [6.45, 7) is 4.16. The van der Waals surface area contributed by atoms with E-state index in [0.29, 0.717) is 0 Å². The van der Waals surface area contributed by atoms with Crippen LogP contribution >= 0.6 is 0 Å². The molecular weight excluding hydrogens is 292 g/mol. The molecule has 3 rings (SSSR count). The van der Waals surface area contributed by atoms with Crippen LogP contribution < -0.4 is 0 Å². The Kier molecular flexibility index (Phi) is 4.97. The first-order valence-electron chi connectivity index (χ1n) is 8.01. The highest BCUT2D eigenvalue weighted by atomic mass is 14.7. The van der Waals surface area contributed by atoms with Crippen LogP contribution in [0.4, 0.5) is 11.4 Å². The van der Waals surface area contributed by atoms with Crippen molar-refractivity contribution in [3.63, 3.8) is 0 Å². The van der Waals surface area contributed by atoms with Gasteiger partial charge < -0.3 is 0 Å². The van der Waals surface area contributed by atoms with E-state index in [-0.39, 0.29) is 0 Å². The van der Waals surface area contributed by atoms with E-state index in [1.807, 2.05) is 36.7 Å². The Morgan fingerprint density at radius 3 is 1.42 bits per heavy atom. The molecule has 3 aromatic rings. The minimum atomic E-state index is 0.897. The van der Waals surface area contributed by atoms with Crippen molar-refractivity contribution < 1.29 is 0 Å². The normalized spacial score (nSPS) is 11.4.